The van der Waals surface area contributed by atoms with Gasteiger partial charge in [-0.2, -0.15) is 15.8 Å². The van der Waals surface area contributed by atoms with Crippen LogP contribution in [0, 0.1) is 5.92 Å². The Bertz CT molecular complexity index is 116. The molecule has 0 aromatic carbocycles. The number of rotatable bonds is 5. The van der Waals surface area contributed by atoms with Gasteiger partial charge in [-0.3, -0.25) is 0 Å². The van der Waals surface area contributed by atoms with Crippen molar-refractivity contribution in [1.29, 1.82) is 0 Å². The van der Waals surface area contributed by atoms with Crippen LogP contribution in [0.1, 0.15) is 45.4 Å². The Labute approximate surface area is 85.6 Å². The van der Waals surface area contributed by atoms with Crippen molar-refractivity contribution >= 4 is 21.3 Å². The first kappa shape index (κ1) is 10.6. The summed E-state index contributed by atoms with van der Waals surface area (Å²) in [5.74, 6) is 1.05. The van der Waals surface area contributed by atoms with Crippen LogP contribution in [0.3, 0.4) is 0 Å². The lowest BCUT2D eigenvalue weighted by Crippen LogP contribution is -1.96. The van der Waals surface area contributed by atoms with Crippen LogP contribution >= 0.6 is 15.8 Å². The van der Waals surface area contributed by atoms with E-state index in [-0.39, 0.29) is 0 Å². The first-order valence-corrected chi connectivity index (χ1v) is 6.38. The van der Waals surface area contributed by atoms with E-state index in [9.17, 15) is 0 Å². The van der Waals surface area contributed by atoms with Gasteiger partial charge in [-0.05, 0) is 5.92 Å². The molecule has 0 aromatic heterocycles. The van der Waals surface area contributed by atoms with Gasteiger partial charge in [0.15, 0.2) is 0 Å². The lowest BCUT2D eigenvalue weighted by molar-refractivity contribution is 0.493. The summed E-state index contributed by atoms with van der Waals surface area (Å²) in [4.78, 5) is 0. The van der Waals surface area contributed by atoms with Crippen molar-refractivity contribution in [2.24, 2.45) is 5.92 Å². The van der Waals surface area contributed by atoms with Crippen LogP contribution in [0.2, 0.25) is 12.6 Å². The molecule has 0 bridgehead atoms. The Kier molecular flexibility index (Phi) is 5.37. The molecule has 0 aromatic rings. The molecular formula is C10H20BBr. The van der Waals surface area contributed by atoms with E-state index >= 15 is 0 Å². The van der Waals surface area contributed by atoms with Crippen LogP contribution in [-0.4, -0.2) is 5.54 Å². The standard InChI is InChI=1S/C10H20BBr/c1-2-3-4-5-6-10-7-8-11(12)9-10/h10H,2-9H2,1H3/t10-/m0/s1. The molecule has 1 aliphatic heterocycles. The first-order chi connectivity index (χ1) is 5.83. The molecule has 1 aliphatic rings. The van der Waals surface area contributed by atoms with E-state index in [1.165, 1.54) is 51.2 Å². The fourth-order valence-corrected chi connectivity index (χ4v) is 2.93. The summed E-state index contributed by atoms with van der Waals surface area (Å²) >= 11 is 3.70. The van der Waals surface area contributed by atoms with Gasteiger partial charge in [-0.1, -0.05) is 58.1 Å². The van der Waals surface area contributed by atoms with E-state index < -0.39 is 0 Å². The van der Waals surface area contributed by atoms with Crippen LogP contribution in [0.5, 0.6) is 0 Å². The van der Waals surface area contributed by atoms with E-state index in [2.05, 4.69) is 22.7 Å². The Hall–Kier alpha value is 0.545. The van der Waals surface area contributed by atoms with Gasteiger partial charge in [-0.15, -0.1) is 0 Å². The van der Waals surface area contributed by atoms with E-state index in [0.717, 1.165) is 11.5 Å². The maximum Gasteiger partial charge on any atom is 0.223 e. The van der Waals surface area contributed by atoms with Gasteiger partial charge < -0.3 is 0 Å². The van der Waals surface area contributed by atoms with Crippen LogP contribution < -0.4 is 0 Å². The molecule has 0 nitrogen and oxygen atoms in total. The number of hydrogen-bond donors (Lipinski definition) is 0. The molecule has 0 aliphatic carbocycles. The third-order valence-electron chi connectivity index (χ3n) is 2.94. The smallest absolute Gasteiger partial charge is 0.157 e. The second-order valence-corrected chi connectivity index (χ2v) is 5.42. The van der Waals surface area contributed by atoms with Crippen molar-refractivity contribution in [2.75, 3.05) is 0 Å². The van der Waals surface area contributed by atoms with E-state index in [4.69, 9.17) is 0 Å². The highest BCUT2D eigenvalue weighted by Crippen LogP contribution is 2.33. The predicted molar refractivity (Wildman–Crippen MR) is 61.2 cm³/mol. The number of hydrogen-bond acceptors (Lipinski definition) is 0. The highest BCUT2D eigenvalue weighted by molar-refractivity contribution is 9.24. The summed E-state index contributed by atoms with van der Waals surface area (Å²) in [6, 6.07) is 0. The minimum Gasteiger partial charge on any atom is -0.157 e. The molecule has 1 fully saturated rings. The molecule has 1 rings (SSSR count). The van der Waals surface area contributed by atoms with Crippen LogP contribution in [0.4, 0.5) is 0 Å². The zero-order chi connectivity index (χ0) is 8.81. The zero-order valence-electron chi connectivity index (χ0n) is 8.19. The molecule has 1 saturated heterocycles. The largest absolute Gasteiger partial charge is 0.223 e. The second kappa shape index (κ2) is 6.07. The Morgan fingerprint density at radius 1 is 1.33 bits per heavy atom. The van der Waals surface area contributed by atoms with Gasteiger partial charge in [0.05, 0.1) is 0 Å². The summed E-state index contributed by atoms with van der Waals surface area (Å²) in [5, 5.41) is 0. The fourth-order valence-electron chi connectivity index (χ4n) is 2.14. The molecule has 0 amide bonds. The molecule has 1 heterocycles. The lowest BCUT2D eigenvalue weighted by atomic mass is 9.75. The van der Waals surface area contributed by atoms with E-state index in [1.807, 2.05) is 0 Å². The SMILES string of the molecule is CCCCCC[C@H]1CCB(Br)C1. The molecule has 2 heteroatoms. The molecule has 0 unspecified atom stereocenters. The van der Waals surface area contributed by atoms with Crippen molar-refractivity contribution < 1.29 is 0 Å². The second-order valence-electron chi connectivity index (χ2n) is 4.13. The number of unbranched alkanes of at least 4 members (excludes halogenated alkanes) is 3. The monoisotopic (exact) mass is 230 g/mol. The Balaban J connectivity index is 1.93. The highest BCUT2D eigenvalue weighted by atomic mass is 79.9. The van der Waals surface area contributed by atoms with Gasteiger partial charge in [-0.25, -0.2) is 0 Å². The van der Waals surface area contributed by atoms with Gasteiger partial charge >= 0.3 is 0 Å². The third kappa shape index (κ3) is 3.98. The summed E-state index contributed by atoms with van der Waals surface area (Å²) in [6.45, 7) is 2.28. The Morgan fingerprint density at radius 3 is 2.75 bits per heavy atom. The van der Waals surface area contributed by atoms with Gasteiger partial charge in [0.1, 0.15) is 0 Å². The molecule has 12 heavy (non-hydrogen) atoms. The minimum absolute atomic E-state index is 0.841. The summed E-state index contributed by atoms with van der Waals surface area (Å²) in [7, 11) is 0. The van der Waals surface area contributed by atoms with Crippen molar-refractivity contribution in [3.63, 3.8) is 0 Å². The van der Waals surface area contributed by atoms with Gasteiger partial charge in [0, 0.05) is 0 Å². The quantitative estimate of drug-likeness (QED) is 0.487. The molecule has 0 spiro atoms. The molecular weight excluding hydrogens is 211 g/mol. The topological polar surface area (TPSA) is 0 Å². The highest BCUT2D eigenvalue weighted by Gasteiger charge is 2.24. The Morgan fingerprint density at radius 2 is 2.17 bits per heavy atom. The van der Waals surface area contributed by atoms with E-state index in [1.54, 1.807) is 0 Å². The molecule has 1 atom stereocenters. The minimum atomic E-state index is 0.841. The fraction of sp³-hybridized carbons (Fsp3) is 1.00. The third-order valence-corrected chi connectivity index (χ3v) is 3.77. The average molecular weight is 231 g/mol. The van der Waals surface area contributed by atoms with Crippen LogP contribution in [0.15, 0.2) is 0 Å². The maximum atomic E-state index is 3.70. The van der Waals surface area contributed by atoms with Crippen molar-refractivity contribution in [1.82, 2.24) is 0 Å². The summed E-state index contributed by atoms with van der Waals surface area (Å²) in [6.07, 6.45) is 11.5. The zero-order valence-corrected chi connectivity index (χ0v) is 9.78. The summed E-state index contributed by atoms with van der Waals surface area (Å²) < 4.78 is 0. The van der Waals surface area contributed by atoms with Gasteiger partial charge in [0.2, 0.25) is 5.54 Å². The van der Waals surface area contributed by atoms with Crippen LogP contribution in [0.25, 0.3) is 0 Å². The number of halogens is 1. The lowest BCUT2D eigenvalue weighted by Gasteiger charge is -2.07. The summed E-state index contributed by atoms with van der Waals surface area (Å²) in [5.41, 5.74) is 0.841. The molecule has 0 radical (unpaired) electrons. The predicted octanol–water partition coefficient (Wildman–Crippen LogP) is 4.36. The van der Waals surface area contributed by atoms with Crippen molar-refractivity contribution in [3.05, 3.63) is 0 Å². The van der Waals surface area contributed by atoms with Crippen LogP contribution in [-0.2, 0) is 0 Å². The first-order valence-electron chi connectivity index (χ1n) is 5.47. The molecule has 0 N–H and O–H groups in total. The molecule has 70 valence electrons. The average Bonchev–Trinajstić information content (AvgIpc) is 2.45. The van der Waals surface area contributed by atoms with E-state index in [0.29, 0.717) is 0 Å². The van der Waals surface area contributed by atoms with Crippen molar-refractivity contribution in [2.45, 2.75) is 58.1 Å². The van der Waals surface area contributed by atoms with Gasteiger partial charge in [0.25, 0.3) is 0 Å². The maximum absolute atomic E-state index is 3.70. The molecule has 0 saturated carbocycles. The van der Waals surface area contributed by atoms with Crippen molar-refractivity contribution in [3.8, 4) is 0 Å². The normalized spacial score (nSPS) is 23.5.